The van der Waals surface area contributed by atoms with Crippen LogP contribution in [0.5, 0.6) is 0 Å². The molecule has 0 unspecified atom stereocenters. The summed E-state index contributed by atoms with van der Waals surface area (Å²) in [4.78, 5) is 9.25. The fourth-order valence-corrected chi connectivity index (χ4v) is 2.68. The molecule has 23 heavy (non-hydrogen) atoms. The summed E-state index contributed by atoms with van der Waals surface area (Å²) in [5.74, 6) is 0.959. The lowest BCUT2D eigenvalue weighted by Gasteiger charge is -2.36. The van der Waals surface area contributed by atoms with E-state index in [0.29, 0.717) is 0 Å². The molecular weight excluding hydrogens is 284 g/mol. The fourth-order valence-electron chi connectivity index (χ4n) is 2.68. The highest BCUT2D eigenvalue weighted by Gasteiger charge is 2.16. The lowest BCUT2D eigenvalue weighted by molar-refractivity contribution is 0.267. The van der Waals surface area contributed by atoms with E-state index >= 15 is 0 Å². The highest BCUT2D eigenvalue weighted by Crippen LogP contribution is 2.15. The van der Waals surface area contributed by atoms with Gasteiger partial charge in [0.15, 0.2) is 0 Å². The number of piperazine rings is 1. The molecule has 1 N–H and O–H groups in total. The summed E-state index contributed by atoms with van der Waals surface area (Å²) < 4.78 is 0. The van der Waals surface area contributed by atoms with Crippen LogP contribution in [-0.4, -0.2) is 49.2 Å². The topological polar surface area (TPSA) is 31.4 Å². The molecule has 1 saturated heterocycles. The van der Waals surface area contributed by atoms with E-state index < -0.39 is 0 Å². The molecule has 0 spiro atoms. The molecule has 0 amide bonds. The molecule has 1 aliphatic rings. The van der Waals surface area contributed by atoms with E-state index in [2.05, 4.69) is 50.4 Å². The van der Waals surface area contributed by atoms with Gasteiger partial charge >= 0.3 is 0 Å². The zero-order valence-corrected chi connectivity index (χ0v) is 14.3. The van der Waals surface area contributed by atoms with Crippen LogP contribution in [0.1, 0.15) is 13.8 Å². The second-order valence-electron chi connectivity index (χ2n) is 5.31. The van der Waals surface area contributed by atoms with Gasteiger partial charge in [0.1, 0.15) is 5.82 Å². The van der Waals surface area contributed by atoms with Crippen molar-refractivity contribution in [3.05, 3.63) is 54.7 Å². The number of benzene rings is 1. The van der Waals surface area contributed by atoms with E-state index in [0.717, 1.165) is 45.1 Å². The second kappa shape index (κ2) is 9.85. The first-order valence-electron chi connectivity index (χ1n) is 8.59. The summed E-state index contributed by atoms with van der Waals surface area (Å²) >= 11 is 0. The molecule has 0 saturated carbocycles. The second-order valence-corrected chi connectivity index (χ2v) is 5.31. The SMILES string of the molecule is CC.c1ccc(N2CCN(CCNc3ccccn3)CC2)cc1. The van der Waals surface area contributed by atoms with Crippen molar-refractivity contribution in [1.29, 1.82) is 0 Å². The van der Waals surface area contributed by atoms with Crippen LogP contribution in [0.25, 0.3) is 0 Å². The maximum atomic E-state index is 4.28. The van der Waals surface area contributed by atoms with Gasteiger partial charge in [0.05, 0.1) is 0 Å². The molecular formula is C19H28N4. The fraction of sp³-hybridized carbons (Fsp3) is 0.421. The van der Waals surface area contributed by atoms with Crippen LogP contribution in [0.15, 0.2) is 54.7 Å². The molecule has 2 heterocycles. The third kappa shape index (κ3) is 5.57. The standard InChI is InChI=1S/C17H22N4.C2H6/c1-2-6-16(7-3-1)21-14-12-20(13-15-21)11-10-19-17-8-4-5-9-18-17;1-2/h1-9H,10-15H2,(H,18,19);1-2H3. The van der Waals surface area contributed by atoms with Crippen LogP contribution in [0.2, 0.25) is 0 Å². The minimum absolute atomic E-state index is 0.947. The number of hydrogen-bond acceptors (Lipinski definition) is 4. The van der Waals surface area contributed by atoms with Crippen molar-refractivity contribution in [2.75, 3.05) is 49.5 Å². The highest BCUT2D eigenvalue weighted by atomic mass is 15.3. The summed E-state index contributed by atoms with van der Waals surface area (Å²) in [6.07, 6.45) is 1.82. The van der Waals surface area contributed by atoms with Crippen LogP contribution in [0.3, 0.4) is 0 Å². The van der Waals surface area contributed by atoms with E-state index in [4.69, 9.17) is 0 Å². The largest absolute Gasteiger partial charge is 0.369 e. The van der Waals surface area contributed by atoms with Crippen LogP contribution >= 0.6 is 0 Å². The van der Waals surface area contributed by atoms with E-state index in [1.807, 2.05) is 38.2 Å². The van der Waals surface area contributed by atoms with Gasteiger partial charge in [-0.15, -0.1) is 0 Å². The van der Waals surface area contributed by atoms with E-state index in [-0.39, 0.29) is 0 Å². The molecule has 0 radical (unpaired) electrons. The minimum atomic E-state index is 0.947. The maximum absolute atomic E-state index is 4.28. The van der Waals surface area contributed by atoms with Crippen LogP contribution in [0, 0.1) is 0 Å². The molecule has 4 nitrogen and oxygen atoms in total. The lowest BCUT2D eigenvalue weighted by Crippen LogP contribution is -2.47. The van der Waals surface area contributed by atoms with Gasteiger partial charge < -0.3 is 10.2 Å². The number of pyridine rings is 1. The van der Waals surface area contributed by atoms with Crippen molar-refractivity contribution in [1.82, 2.24) is 9.88 Å². The molecule has 1 aliphatic heterocycles. The summed E-state index contributed by atoms with van der Waals surface area (Å²) in [5.41, 5.74) is 1.34. The molecule has 0 aliphatic carbocycles. The van der Waals surface area contributed by atoms with Crippen LogP contribution < -0.4 is 10.2 Å². The number of aromatic nitrogens is 1. The number of nitrogens with zero attached hydrogens (tertiary/aromatic N) is 3. The first-order valence-corrected chi connectivity index (χ1v) is 8.59. The molecule has 3 rings (SSSR count). The average Bonchev–Trinajstić information content (AvgIpc) is 2.66. The first kappa shape index (κ1) is 17.3. The Balaban J connectivity index is 0.000000924. The van der Waals surface area contributed by atoms with E-state index in [9.17, 15) is 0 Å². The molecule has 4 heteroatoms. The first-order chi connectivity index (χ1) is 11.4. The molecule has 2 aromatic rings. The Labute approximate surface area is 140 Å². The normalized spacial score (nSPS) is 14.8. The highest BCUT2D eigenvalue weighted by molar-refractivity contribution is 5.46. The molecule has 1 fully saturated rings. The number of anilines is 2. The van der Waals surface area contributed by atoms with E-state index in [1.54, 1.807) is 0 Å². The summed E-state index contributed by atoms with van der Waals surface area (Å²) in [6, 6.07) is 16.6. The van der Waals surface area contributed by atoms with Crippen molar-refractivity contribution in [2.24, 2.45) is 0 Å². The molecule has 1 aromatic carbocycles. The number of rotatable bonds is 5. The van der Waals surface area contributed by atoms with Gasteiger partial charge in [-0.25, -0.2) is 4.98 Å². The van der Waals surface area contributed by atoms with Crippen LogP contribution in [-0.2, 0) is 0 Å². The summed E-state index contributed by atoms with van der Waals surface area (Å²) in [7, 11) is 0. The van der Waals surface area contributed by atoms with Gasteiger partial charge in [-0.05, 0) is 24.3 Å². The third-order valence-corrected chi connectivity index (χ3v) is 3.89. The predicted molar refractivity (Wildman–Crippen MR) is 99.2 cm³/mol. The Kier molecular flexibility index (Phi) is 7.40. The van der Waals surface area contributed by atoms with Crippen LogP contribution in [0.4, 0.5) is 11.5 Å². The smallest absolute Gasteiger partial charge is 0.125 e. The van der Waals surface area contributed by atoms with Crippen molar-refractivity contribution >= 4 is 11.5 Å². The van der Waals surface area contributed by atoms with Crippen molar-refractivity contribution in [2.45, 2.75) is 13.8 Å². The van der Waals surface area contributed by atoms with Crippen molar-refractivity contribution in [3.8, 4) is 0 Å². The minimum Gasteiger partial charge on any atom is -0.369 e. The number of para-hydroxylation sites is 1. The number of hydrogen-bond donors (Lipinski definition) is 1. The summed E-state index contributed by atoms with van der Waals surface area (Å²) in [5, 5.41) is 3.37. The Morgan fingerprint density at radius 2 is 1.61 bits per heavy atom. The Morgan fingerprint density at radius 3 is 2.26 bits per heavy atom. The van der Waals surface area contributed by atoms with Crippen molar-refractivity contribution in [3.63, 3.8) is 0 Å². The van der Waals surface area contributed by atoms with Gasteiger partial charge in [-0.1, -0.05) is 38.1 Å². The Morgan fingerprint density at radius 1 is 0.913 bits per heavy atom. The van der Waals surface area contributed by atoms with Gasteiger partial charge in [0, 0.05) is 51.2 Å². The zero-order chi connectivity index (χ0) is 16.3. The number of nitrogens with one attached hydrogen (secondary N) is 1. The van der Waals surface area contributed by atoms with Gasteiger partial charge in [-0.2, -0.15) is 0 Å². The third-order valence-electron chi connectivity index (χ3n) is 3.89. The molecule has 0 bridgehead atoms. The summed E-state index contributed by atoms with van der Waals surface area (Å²) in [6.45, 7) is 10.5. The van der Waals surface area contributed by atoms with E-state index in [1.165, 1.54) is 5.69 Å². The van der Waals surface area contributed by atoms with Gasteiger partial charge in [-0.3, -0.25) is 4.90 Å². The predicted octanol–water partition coefficient (Wildman–Crippen LogP) is 3.34. The Hall–Kier alpha value is -2.07. The molecule has 124 valence electrons. The monoisotopic (exact) mass is 312 g/mol. The molecule has 0 atom stereocenters. The Bertz CT molecular complexity index is 519. The average molecular weight is 312 g/mol. The maximum Gasteiger partial charge on any atom is 0.125 e. The quantitative estimate of drug-likeness (QED) is 0.917. The molecule has 1 aromatic heterocycles. The zero-order valence-electron chi connectivity index (χ0n) is 14.3. The van der Waals surface area contributed by atoms with Gasteiger partial charge in [0.2, 0.25) is 0 Å². The van der Waals surface area contributed by atoms with Crippen molar-refractivity contribution < 1.29 is 0 Å². The van der Waals surface area contributed by atoms with Gasteiger partial charge in [0.25, 0.3) is 0 Å². The lowest BCUT2D eigenvalue weighted by atomic mass is 10.2.